The third-order valence-corrected chi connectivity index (χ3v) is 2.63. The van der Waals surface area contributed by atoms with Gasteiger partial charge in [-0.05, 0) is 30.0 Å². The average molecular weight is 219 g/mol. The van der Waals surface area contributed by atoms with Crippen molar-refractivity contribution >= 4 is 23.2 Å². The van der Waals surface area contributed by atoms with Crippen LogP contribution >= 0.6 is 23.2 Å². The van der Waals surface area contributed by atoms with Crippen LogP contribution in [0, 0.1) is 5.92 Å². The van der Waals surface area contributed by atoms with E-state index in [1.165, 1.54) is 0 Å². The van der Waals surface area contributed by atoms with Crippen LogP contribution in [-0.2, 0) is 6.42 Å². The Hall–Kier alpha value is -0.240. The number of hydrogen-bond donors (Lipinski definition) is 1. The minimum Gasteiger partial charge on any atom is -0.396 e. The van der Waals surface area contributed by atoms with Crippen molar-refractivity contribution in [3.8, 4) is 0 Å². The minimum absolute atomic E-state index is 0.154. The zero-order chi connectivity index (χ0) is 9.84. The molecule has 1 atom stereocenters. The zero-order valence-electron chi connectivity index (χ0n) is 7.43. The largest absolute Gasteiger partial charge is 0.396 e. The summed E-state index contributed by atoms with van der Waals surface area (Å²) in [7, 11) is 0. The van der Waals surface area contributed by atoms with Crippen LogP contribution in [0.4, 0.5) is 0 Å². The van der Waals surface area contributed by atoms with E-state index in [-0.39, 0.29) is 12.5 Å². The molecule has 3 heteroatoms. The first-order valence-electron chi connectivity index (χ1n) is 4.19. The van der Waals surface area contributed by atoms with Gasteiger partial charge in [-0.25, -0.2) is 0 Å². The van der Waals surface area contributed by atoms with Gasteiger partial charge in [-0.2, -0.15) is 0 Å². The maximum Gasteiger partial charge on any atom is 0.0459 e. The van der Waals surface area contributed by atoms with Gasteiger partial charge in [-0.3, -0.25) is 0 Å². The number of benzene rings is 1. The second-order valence-electron chi connectivity index (χ2n) is 3.19. The second kappa shape index (κ2) is 4.85. The Labute approximate surface area is 88.3 Å². The summed E-state index contributed by atoms with van der Waals surface area (Å²) in [5, 5.41) is 10.2. The molecule has 13 heavy (non-hydrogen) atoms. The smallest absolute Gasteiger partial charge is 0.0459 e. The fourth-order valence-electron chi connectivity index (χ4n) is 1.14. The predicted octanol–water partition coefficient (Wildman–Crippen LogP) is 3.16. The van der Waals surface area contributed by atoms with E-state index in [1.54, 1.807) is 0 Å². The molecule has 0 saturated heterocycles. The van der Waals surface area contributed by atoms with Crippen LogP contribution in [0.25, 0.3) is 0 Å². The fourth-order valence-corrected chi connectivity index (χ4v) is 1.69. The SMILES string of the molecule is CC(CO)Cc1c(Cl)cccc1Cl. The highest BCUT2D eigenvalue weighted by Crippen LogP contribution is 2.26. The van der Waals surface area contributed by atoms with Gasteiger partial charge in [0.05, 0.1) is 0 Å². The van der Waals surface area contributed by atoms with Crippen LogP contribution in [0.5, 0.6) is 0 Å². The third-order valence-electron chi connectivity index (χ3n) is 1.93. The van der Waals surface area contributed by atoms with Crippen molar-refractivity contribution in [1.82, 2.24) is 0 Å². The molecule has 0 fully saturated rings. The standard InChI is InChI=1S/C10H12Cl2O/c1-7(6-13)5-8-9(11)3-2-4-10(8)12/h2-4,7,13H,5-6H2,1H3. The molecule has 0 spiro atoms. The van der Waals surface area contributed by atoms with Crippen molar-refractivity contribution in [3.63, 3.8) is 0 Å². The van der Waals surface area contributed by atoms with E-state index in [1.807, 2.05) is 25.1 Å². The number of aliphatic hydroxyl groups is 1. The second-order valence-corrected chi connectivity index (χ2v) is 4.01. The van der Waals surface area contributed by atoms with Crippen LogP contribution in [0.2, 0.25) is 10.0 Å². The maximum absolute atomic E-state index is 8.89. The lowest BCUT2D eigenvalue weighted by Crippen LogP contribution is -2.05. The monoisotopic (exact) mass is 218 g/mol. The van der Waals surface area contributed by atoms with Crippen molar-refractivity contribution in [1.29, 1.82) is 0 Å². The molecule has 1 N–H and O–H groups in total. The number of halogens is 2. The van der Waals surface area contributed by atoms with E-state index < -0.39 is 0 Å². The van der Waals surface area contributed by atoms with Gasteiger partial charge in [0, 0.05) is 16.7 Å². The maximum atomic E-state index is 8.89. The van der Waals surface area contributed by atoms with E-state index in [2.05, 4.69) is 0 Å². The van der Waals surface area contributed by atoms with E-state index in [0.717, 1.165) is 12.0 Å². The highest BCUT2D eigenvalue weighted by Gasteiger charge is 2.08. The molecular formula is C10H12Cl2O. The Morgan fingerprint density at radius 3 is 2.31 bits per heavy atom. The molecule has 1 unspecified atom stereocenters. The normalized spacial score (nSPS) is 12.9. The summed E-state index contributed by atoms with van der Waals surface area (Å²) in [5.74, 6) is 0.192. The van der Waals surface area contributed by atoms with E-state index in [4.69, 9.17) is 28.3 Å². The van der Waals surface area contributed by atoms with Crippen molar-refractivity contribution < 1.29 is 5.11 Å². The molecule has 0 aliphatic rings. The first-order chi connectivity index (χ1) is 6.15. The Bertz CT molecular complexity index is 266. The molecule has 0 amide bonds. The third kappa shape index (κ3) is 2.87. The van der Waals surface area contributed by atoms with E-state index in [0.29, 0.717) is 10.0 Å². The van der Waals surface area contributed by atoms with Gasteiger partial charge in [0.25, 0.3) is 0 Å². The summed E-state index contributed by atoms with van der Waals surface area (Å²) in [6, 6.07) is 5.44. The van der Waals surface area contributed by atoms with Crippen molar-refractivity contribution in [2.24, 2.45) is 5.92 Å². The van der Waals surface area contributed by atoms with Gasteiger partial charge >= 0.3 is 0 Å². The van der Waals surface area contributed by atoms with E-state index in [9.17, 15) is 0 Å². The van der Waals surface area contributed by atoms with Gasteiger partial charge in [0.15, 0.2) is 0 Å². The lowest BCUT2D eigenvalue weighted by Gasteiger charge is -2.10. The average Bonchev–Trinajstić information content (AvgIpc) is 2.11. The number of aliphatic hydroxyl groups excluding tert-OH is 1. The summed E-state index contributed by atoms with van der Waals surface area (Å²) in [6.45, 7) is 2.11. The molecule has 1 nitrogen and oxygen atoms in total. The predicted molar refractivity (Wildman–Crippen MR) is 56.4 cm³/mol. The summed E-state index contributed by atoms with van der Waals surface area (Å²) in [4.78, 5) is 0. The molecule has 0 saturated carbocycles. The molecule has 1 rings (SSSR count). The summed E-state index contributed by atoms with van der Waals surface area (Å²) in [6.07, 6.45) is 0.717. The molecule has 0 aromatic heterocycles. The molecule has 1 aromatic carbocycles. The topological polar surface area (TPSA) is 20.2 Å². The Kier molecular flexibility index (Phi) is 4.04. The van der Waals surface area contributed by atoms with Crippen LogP contribution in [-0.4, -0.2) is 11.7 Å². The molecule has 0 heterocycles. The first kappa shape index (κ1) is 10.8. The number of rotatable bonds is 3. The molecule has 0 radical (unpaired) electrons. The lowest BCUT2D eigenvalue weighted by atomic mass is 10.0. The van der Waals surface area contributed by atoms with Crippen LogP contribution in [0.15, 0.2) is 18.2 Å². The zero-order valence-corrected chi connectivity index (χ0v) is 8.94. The molecule has 0 aliphatic heterocycles. The Morgan fingerprint density at radius 1 is 1.31 bits per heavy atom. The van der Waals surface area contributed by atoms with Gasteiger partial charge in [0.2, 0.25) is 0 Å². The molecule has 1 aromatic rings. The van der Waals surface area contributed by atoms with Crippen molar-refractivity contribution in [2.75, 3.05) is 6.61 Å². The molecule has 0 bridgehead atoms. The minimum atomic E-state index is 0.154. The first-order valence-corrected chi connectivity index (χ1v) is 4.94. The van der Waals surface area contributed by atoms with Gasteiger partial charge < -0.3 is 5.11 Å². The summed E-state index contributed by atoms with van der Waals surface area (Å²) >= 11 is 11.9. The van der Waals surface area contributed by atoms with Crippen LogP contribution in [0.3, 0.4) is 0 Å². The van der Waals surface area contributed by atoms with Crippen molar-refractivity contribution in [2.45, 2.75) is 13.3 Å². The molecule has 0 aliphatic carbocycles. The van der Waals surface area contributed by atoms with Crippen molar-refractivity contribution in [3.05, 3.63) is 33.8 Å². The Balaban J connectivity index is 2.87. The van der Waals surface area contributed by atoms with Gasteiger partial charge in [0.1, 0.15) is 0 Å². The lowest BCUT2D eigenvalue weighted by molar-refractivity contribution is 0.237. The summed E-state index contributed by atoms with van der Waals surface area (Å²) in [5.41, 5.74) is 0.924. The van der Waals surface area contributed by atoms with Crippen LogP contribution in [0.1, 0.15) is 12.5 Å². The highest BCUT2D eigenvalue weighted by atomic mass is 35.5. The van der Waals surface area contributed by atoms with Crippen LogP contribution < -0.4 is 0 Å². The molecular weight excluding hydrogens is 207 g/mol. The highest BCUT2D eigenvalue weighted by molar-refractivity contribution is 6.35. The molecule has 72 valence electrons. The van der Waals surface area contributed by atoms with E-state index >= 15 is 0 Å². The fraction of sp³-hybridized carbons (Fsp3) is 0.400. The van der Waals surface area contributed by atoms with Gasteiger partial charge in [-0.1, -0.05) is 36.2 Å². The number of hydrogen-bond acceptors (Lipinski definition) is 1. The van der Waals surface area contributed by atoms with Gasteiger partial charge in [-0.15, -0.1) is 0 Å². The Morgan fingerprint density at radius 2 is 1.85 bits per heavy atom. The summed E-state index contributed by atoms with van der Waals surface area (Å²) < 4.78 is 0. The quantitative estimate of drug-likeness (QED) is 0.827.